The van der Waals surface area contributed by atoms with Crippen molar-refractivity contribution in [2.45, 2.75) is 20.0 Å². The van der Waals surface area contributed by atoms with E-state index in [1.165, 1.54) is 6.33 Å². The molecule has 0 bridgehead atoms. The van der Waals surface area contributed by atoms with Crippen molar-refractivity contribution < 1.29 is 4.84 Å². The standard InChI is InChI=1S/C5H9N3O2/c1-4(2)10-8-5(9)6-3-7-8/h3-4H,1-2H3,(H,6,7,9). The zero-order valence-electron chi connectivity index (χ0n) is 5.87. The minimum Gasteiger partial charge on any atom is -0.390 e. The second-order valence-corrected chi connectivity index (χ2v) is 2.12. The Hall–Kier alpha value is -1.26. The summed E-state index contributed by atoms with van der Waals surface area (Å²) in [6, 6.07) is 0. The fraction of sp³-hybridized carbons (Fsp3) is 0.600. The Morgan fingerprint density at radius 1 is 1.80 bits per heavy atom. The van der Waals surface area contributed by atoms with Crippen LogP contribution in [0, 0.1) is 0 Å². The molecule has 5 heteroatoms. The molecule has 56 valence electrons. The predicted octanol–water partition coefficient (Wildman–Crippen LogP) is -0.592. The highest BCUT2D eigenvalue weighted by molar-refractivity contribution is 4.54. The van der Waals surface area contributed by atoms with E-state index in [-0.39, 0.29) is 11.8 Å². The van der Waals surface area contributed by atoms with Crippen molar-refractivity contribution in [1.29, 1.82) is 0 Å². The van der Waals surface area contributed by atoms with Gasteiger partial charge in [-0.15, -0.1) is 5.10 Å². The van der Waals surface area contributed by atoms with Gasteiger partial charge in [-0.3, -0.25) is 4.98 Å². The van der Waals surface area contributed by atoms with Crippen LogP contribution in [0.25, 0.3) is 0 Å². The first-order valence-electron chi connectivity index (χ1n) is 3.00. The van der Waals surface area contributed by atoms with Crippen molar-refractivity contribution in [1.82, 2.24) is 14.9 Å². The summed E-state index contributed by atoms with van der Waals surface area (Å²) in [7, 11) is 0. The summed E-state index contributed by atoms with van der Waals surface area (Å²) < 4.78 is 0. The van der Waals surface area contributed by atoms with E-state index in [0.29, 0.717) is 0 Å². The number of nitrogens with zero attached hydrogens (tertiary/aromatic N) is 2. The molecule has 0 amide bonds. The van der Waals surface area contributed by atoms with E-state index in [1.807, 2.05) is 13.8 Å². The van der Waals surface area contributed by atoms with Crippen LogP contribution in [0.3, 0.4) is 0 Å². The molecule has 0 atom stereocenters. The molecule has 5 nitrogen and oxygen atoms in total. The first-order valence-corrected chi connectivity index (χ1v) is 3.00. The second-order valence-electron chi connectivity index (χ2n) is 2.12. The van der Waals surface area contributed by atoms with Crippen LogP contribution in [0.1, 0.15) is 13.8 Å². The van der Waals surface area contributed by atoms with E-state index >= 15 is 0 Å². The third-order valence-corrected chi connectivity index (χ3v) is 0.835. The Balaban J connectivity index is 2.75. The topological polar surface area (TPSA) is 59.9 Å². The van der Waals surface area contributed by atoms with Crippen LogP contribution in [0.5, 0.6) is 0 Å². The van der Waals surface area contributed by atoms with Gasteiger partial charge in [0.1, 0.15) is 12.4 Å². The lowest BCUT2D eigenvalue weighted by atomic mass is 10.5. The number of aromatic amines is 1. The van der Waals surface area contributed by atoms with Gasteiger partial charge in [-0.05, 0) is 18.7 Å². The van der Waals surface area contributed by atoms with Gasteiger partial charge in [-0.1, -0.05) is 0 Å². The van der Waals surface area contributed by atoms with Crippen LogP contribution in [-0.4, -0.2) is 21.0 Å². The zero-order valence-corrected chi connectivity index (χ0v) is 5.87. The smallest absolute Gasteiger partial charge is 0.377 e. The number of aromatic nitrogens is 3. The SMILES string of the molecule is CC(C)On1nc[nH]c1=O. The summed E-state index contributed by atoms with van der Waals surface area (Å²) in [4.78, 5) is 18.9. The van der Waals surface area contributed by atoms with Crippen LogP contribution in [0.4, 0.5) is 0 Å². The van der Waals surface area contributed by atoms with Gasteiger partial charge in [0.05, 0.1) is 0 Å². The Morgan fingerprint density at radius 2 is 2.50 bits per heavy atom. The average molecular weight is 143 g/mol. The molecule has 1 heterocycles. The Kier molecular flexibility index (Phi) is 1.75. The number of rotatable bonds is 2. The van der Waals surface area contributed by atoms with E-state index in [2.05, 4.69) is 10.1 Å². The van der Waals surface area contributed by atoms with Crippen molar-refractivity contribution >= 4 is 0 Å². The van der Waals surface area contributed by atoms with Gasteiger partial charge in [0.2, 0.25) is 0 Å². The molecule has 1 aromatic heterocycles. The van der Waals surface area contributed by atoms with E-state index in [1.54, 1.807) is 0 Å². The fourth-order valence-electron chi connectivity index (χ4n) is 0.519. The summed E-state index contributed by atoms with van der Waals surface area (Å²) in [6.07, 6.45) is 1.24. The maximum absolute atomic E-state index is 10.7. The van der Waals surface area contributed by atoms with Crippen LogP contribution < -0.4 is 10.5 Å². The monoisotopic (exact) mass is 143 g/mol. The molecule has 0 fully saturated rings. The molecule has 0 aliphatic heterocycles. The Morgan fingerprint density at radius 3 is 2.90 bits per heavy atom. The third-order valence-electron chi connectivity index (χ3n) is 0.835. The molecule has 0 unspecified atom stereocenters. The van der Waals surface area contributed by atoms with Crippen molar-refractivity contribution in [2.75, 3.05) is 0 Å². The molecule has 0 aliphatic carbocycles. The molecule has 1 rings (SSSR count). The second kappa shape index (κ2) is 2.55. The highest BCUT2D eigenvalue weighted by Gasteiger charge is 1.98. The molecule has 0 saturated heterocycles. The molecule has 0 spiro atoms. The average Bonchev–Trinajstić information content (AvgIpc) is 2.15. The minimum atomic E-state index is -0.353. The van der Waals surface area contributed by atoms with Crippen LogP contribution in [-0.2, 0) is 0 Å². The summed E-state index contributed by atoms with van der Waals surface area (Å²) in [5.41, 5.74) is -0.353. The molecular formula is C5H9N3O2. The van der Waals surface area contributed by atoms with Crippen LogP contribution >= 0.6 is 0 Å². The van der Waals surface area contributed by atoms with Gasteiger partial charge in [-0.2, -0.15) is 0 Å². The van der Waals surface area contributed by atoms with Crippen LogP contribution in [0.2, 0.25) is 0 Å². The minimum absolute atomic E-state index is 0.0407. The number of hydrogen-bond acceptors (Lipinski definition) is 3. The van der Waals surface area contributed by atoms with Gasteiger partial charge in [-0.25, -0.2) is 4.79 Å². The Bertz CT molecular complexity index is 249. The first kappa shape index (κ1) is 6.85. The number of hydrogen-bond donors (Lipinski definition) is 1. The highest BCUT2D eigenvalue weighted by Crippen LogP contribution is 1.77. The highest BCUT2D eigenvalue weighted by atomic mass is 16.7. The molecule has 0 saturated carbocycles. The molecule has 0 aliphatic rings. The normalized spacial score (nSPS) is 10.3. The van der Waals surface area contributed by atoms with Gasteiger partial charge >= 0.3 is 5.69 Å². The lowest BCUT2D eigenvalue weighted by molar-refractivity contribution is 0.0292. The van der Waals surface area contributed by atoms with Gasteiger partial charge in [0, 0.05) is 0 Å². The van der Waals surface area contributed by atoms with Gasteiger partial charge in [0.15, 0.2) is 0 Å². The summed E-state index contributed by atoms with van der Waals surface area (Å²) >= 11 is 0. The van der Waals surface area contributed by atoms with Crippen molar-refractivity contribution in [3.8, 4) is 0 Å². The Labute approximate surface area is 57.6 Å². The lowest BCUT2D eigenvalue weighted by Crippen LogP contribution is -2.29. The van der Waals surface area contributed by atoms with E-state index in [4.69, 9.17) is 4.84 Å². The molecule has 1 aromatic rings. The zero-order chi connectivity index (χ0) is 7.56. The number of nitrogens with one attached hydrogen (secondary N) is 1. The van der Waals surface area contributed by atoms with E-state index in [9.17, 15) is 4.79 Å². The summed E-state index contributed by atoms with van der Waals surface area (Å²) in [6.45, 7) is 3.64. The molecular weight excluding hydrogens is 134 g/mol. The van der Waals surface area contributed by atoms with Gasteiger partial charge in [0.25, 0.3) is 0 Å². The number of H-pyrrole nitrogens is 1. The molecule has 10 heavy (non-hydrogen) atoms. The van der Waals surface area contributed by atoms with E-state index < -0.39 is 0 Å². The maximum atomic E-state index is 10.7. The van der Waals surface area contributed by atoms with Crippen molar-refractivity contribution in [3.05, 3.63) is 16.8 Å². The lowest BCUT2D eigenvalue weighted by Gasteiger charge is -2.04. The summed E-state index contributed by atoms with van der Waals surface area (Å²) in [5, 5.41) is 3.58. The predicted molar refractivity (Wildman–Crippen MR) is 34.6 cm³/mol. The fourth-order valence-corrected chi connectivity index (χ4v) is 0.519. The molecule has 0 radical (unpaired) electrons. The van der Waals surface area contributed by atoms with Gasteiger partial charge < -0.3 is 4.84 Å². The molecule has 1 N–H and O–H groups in total. The third kappa shape index (κ3) is 1.37. The van der Waals surface area contributed by atoms with Crippen molar-refractivity contribution in [2.24, 2.45) is 0 Å². The molecule has 0 aromatic carbocycles. The largest absolute Gasteiger partial charge is 0.390 e. The van der Waals surface area contributed by atoms with Crippen molar-refractivity contribution in [3.63, 3.8) is 0 Å². The quantitative estimate of drug-likeness (QED) is 0.601. The van der Waals surface area contributed by atoms with E-state index in [0.717, 1.165) is 4.85 Å². The first-order chi connectivity index (χ1) is 4.70. The summed E-state index contributed by atoms with van der Waals surface area (Å²) in [5.74, 6) is 0. The maximum Gasteiger partial charge on any atom is 0.377 e. The van der Waals surface area contributed by atoms with Crippen LogP contribution in [0.15, 0.2) is 11.1 Å².